The molecule has 1 amide bonds. The molecule has 1 N–H and O–H groups in total. The van der Waals surface area contributed by atoms with E-state index >= 15 is 0 Å². The fourth-order valence-corrected chi connectivity index (χ4v) is 5.90. The lowest BCUT2D eigenvalue weighted by atomic mass is 9.87. The average molecular weight is 607 g/mol. The quantitative estimate of drug-likeness (QED) is 0.289. The number of nitrogens with zero attached hydrogens (tertiary/aromatic N) is 1. The summed E-state index contributed by atoms with van der Waals surface area (Å²) >= 11 is 0. The van der Waals surface area contributed by atoms with Crippen molar-refractivity contribution >= 4 is 23.3 Å². The Labute approximate surface area is 260 Å². The van der Waals surface area contributed by atoms with Crippen LogP contribution in [0.4, 0.5) is 0 Å². The van der Waals surface area contributed by atoms with E-state index in [0.29, 0.717) is 38.3 Å². The summed E-state index contributed by atoms with van der Waals surface area (Å²) in [5, 5.41) is 2.97. The van der Waals surface area contributed by atoms with Crippen LogP contribution in [0.15, 0.2) is 54.6 Å². The third-order valence-corrected chi connectivity index (χ3v) is 8.45. The number of benzene rings is 2. The van der Waals surface area contributed by atoms with Gasteiger partial charge in [0.1, 0.15) is 22.9 Å². The van der Waals surface area contributed by atoms with E-state index in [-0.39, 0.29) is 54.9 Å². The number of hydrogen-bond donors (Lipinski definition) is 1. The standard InChI is InChI=1S/C35H46N2O7/c1-23(15-29(38)21-37-19-24(2)44-25(3)20-37)32(39)18-28(16-27-11-13-30(42-5)14-12-27)34(41)36-31(33(40)35(4)22-43-35)17-26-9-7-6-8-10-26/h6-14,23-25,28,31H,15-22H2,1-5H3,(H,36,41)/t23-,24-,25+,28-,31+,35?/m1/s1. The van der Waals surface area contributed by atoms with Crippen LogP contribution in [-0.4, -0.2) is 85.4 Å². The van der Waals surface area contributed by atoms with E-state index in [9.17, 15) is 19.2 Å². The van der Waals surface area contributed by atoms with Gasteiger partial charge in [-0.1, -0.05) is 49.4 Å². The number of rotatable bonds is 16. The molecule has 0 saturated carbocycles. The number of morpholine rings is 1. The molecule has 9 heteroatoms. The zero-order chi connectivity index (χ0) is 31.9. The first-order valence-corrected chi connectivity index (χ1v) is 15.5. The Bertz CT molecular complexity index is 1280. The number of methoxy groups -OCH3 is 1. The molecule has 0 bridgehead atoms. The number of nitrogens with one attached hydrogen (secondary N) is 1. The van der Waals surface area contributed by atoms with Crippen molar-refractivity contribution in [1.29, 1.82) is 0 Å². The molecule has 4 rings (SSSR count). The third kappa shape index (κ3) is 9.55. The summed E-state index contributed by atoms with van der Waals surface area (Å²) < 4.78 is 16.5. The highest BCUT2D eigenvalue weighted by atomic mass is 16.6. The first-order chi connectivity index (χ1) is 21.0. The smallest absolute Gasteiger partial charge is 0.224 e. The van der Waals surface area contributed by atoms with Crippen molar-refractivity contribution in [3.8, 4) is 5.75 Å². The van der Waals surface area contributed by atoms with Gasteiger partial charge < -0.3 is 19.5 Å². The van der Waals surface area contributed by atoms with E-state index in [4.69, 9.17) is 14.2 Å². The predicted molar refractivity (Wildman–Crippen MR) is 166 cm³/mol. The Balaban J connectivity index is 1.45. The average Bonchev–Trinajstić information content (AvgIpc) is 3.74. The van der Waals surface area contributed by atoms with E-state index in [1.165, 1.54) is 0 Å². The minimum Gasteiger partial charge on any atom is -0.497 e. The maximum Gasteiger partial charge on any atom is 0.224 e. The highest BCUT2D eigenvalue weighted by molar-refractivity contribution is 5.98. The molecule has 2 aromatic rings. The number of Topliss-reactive ketones (excluding diaryl/α,β-unsaturated/α-hetero) is 3. The van der Waals surface area contributed by atoms with E-state index in [0.717, 1.165) is 11.1 Å². The maximum atomic E-state index is 13.9. The molecule has 2 fully saturated rings. The highest BCUT2D eigenvalue weighted by Gasteiger charge is 2.50. The molecule has 2 aliphatic rings. The minimum atomic E-state index is -0.918. The van der Waals surface area contributed by atoms with Gasteiger partial charge in [-0.2, -0.15) is 0 Å². The number of amides is 1. The van der Waals surface area contributed by atoms with Gasteiger partial charge in [0.2, 0.25) is 5.91 Å². The molecule has 9 nitrogen and oxygen atoms in total. The van der Waals surface area contributed by atoms with Crippen LogP contribution in [0.3, 0.4) is 0 Å². The molecule has 0 radical (unpaired) electrons. The molecule has 0 aromatic heterocycles. The molecule has 2 heterocycles. The topological polar surface area (TPSA) is 115 Å². The lowest BCUT2D eigenvalue weighted by molar-refractivity contribution is -0.135. The molecule has 238 valence electrons. The molecule has 2 aromatic carbocycles. The van der Waals surface area contributed by atoms with Crippen molar-refractivity contribution < 1.29 is 33.4 Å². The third-order valence-electron chi connectivity index (χ3n) is 8.45. The summed E-state index contributed by atoms with van der Waals surface area (Å²) in [6.07, 6.45) is 0.783. The van der Waals surface area contributed by atoms with Crippen molar-refractivity contribution in [3.05, 3.63) is 65.7 Å². The highest BCUT2D eigenvalue weighted by Crippen LogP contribution is 2.29. The SMILES string of the molecule is COc1ccc(C[C@H](CC(=O)[C@H](C)CC(=O)CN2C[C@@H](C)O[C@@H](C)C2)C(=O)N[C@@H](Cc2ccccc2)C(=O)C2(C)CO2)cc1. The largest absolute Gasteiger partial charge is 0.497 e. The lowest BCUT2D eigenvalue weighted by Gasteiger charge is -2.34. The molecule has 1 unspecified atom stereocenters. The van der Waals surface area contributed by atoms with E-state index in [2.05, 4.69) is 10.2 Å². The zero-order valence-corrected chi connectivity index (χ0v) is 26.5. The second kappa shape index (κ2) is 15.1. The summed E-state index contributed by atoms with van der Waals surface area (Å²) in [6.45, 7) is 9.40. The van der Waals surface area contributed by atoms with Gasteiger partial charge in [-0.15, -0.1) is 0 Å². The van der Waals surface area contributed by atoms with Crippen LogP contribution in [0.25, 0.3) is 0 Å². The Morgan fingerprint density at radius 1 is 0.955 bits per heavy atom. The van der Waals surface area contributed by atoms with Gasteiger partial charge in [0.15, 0.2) is 5.78 Å². The van der Waals surface area contributed by atoms with Crippen molar-refractivity contribution in [2.24, 2.45) is 11.8 Å². The van der Waals surface area contributed by atoms with Crippen LogP contribution in [-0.2, 0) is 41.5 Å². The molecule has 2 saturated heterocycles. The number of epoxide rings is 1. The van der Waals surface area contributed by atoms with Crippen LogP contribution in [0, 0.1) is 11.8 Å². The Kier molecular flexibility index (Phi) is 11.5. The van der Waals surface area contributed by atoms with Crippen molar-refractivity contribution in [3.63, 3.8) is 0 Å². The normalized spacial score (nSPS) is 23.7. The number of hydrogen-bond acceptors (Lipinski definition) is 8. The fraction of sp³-hybridized carbons (Fsp3) is 0.543. The molecule has 0 aliphatic carbocycles. The number of ketones is 3. The van der Waals surface area contributed by atoms with Crippen LogP contribution in [0.1, 0.15) is 51.7 Å². The molecule has 2 aliphatic heterocycles. The number of carbonyl (C=O) groups excluding carboxylic acids is 4. The fourth-order valence-electron chi connectivity index (χ4n) is 5.90. The van der Waals surface area contributed by atoms with Gasteiger partial charge in [-0.25, -0.2) is 0 Å². The van der Waals surface area contributed by atoms with Gasteiger partial charge in [0.25, 0.3) is 0 Å². The van der Waals surface area contributed by atoms with Crippen molar-refractivity contribution in [2.45, 2.75) is 77.2 Å². The van der Waals surface area contributed by atoms with E-state index in [1.54, 1.807) is 21.0 Å². The molecular weight excluding hydrogens is 560 g/mol. The summed E-state index contributed by atoms with van der Waals surface area (Å²) in [4.78, 5) is 55.8. The van der Waals surface area contributed by atoms with Crippen molar-refractivity contribution in [1.82, 2.24) is 10.2 Å². The Hall–Kier alpha value is -3.40. The second-order valence-corrected chi connectivity index (χ2v) is 12.6. The predicted octanol–water partition coefficient (Wildman–Crippen LogP) is 3.60. The first-order valence-electron chi connectivity index (χ1n) is 15.5. The second-order valence-electron chi connectivity index (χ2n) is 12.6. The minimum absolute atomic E-state index is 0.00509. The summed E-state index contributed by atoms with van der Waals surface area (Å²) in [5.74, 6) is -1.29. The van der Waals surface area contributed by atoms with Gasteiger partial charge in [-0.05, 0) is 56.9 Å². The molecule has 44 heavy (non-hydrogen) atoms. The van der Waals surface area contributed by atoms with Crippen LogP contribution in [0.2, 0.25) is 0 Å². The van der Waals surface area contributed by atoms with Gasteiger partial charge in [0.05, 0.1) is 38.5 Å². The number of ether oxygens (including phenoxy) is 3. The lowest BCUT2D eigenvalue weighted by Crippen LogP contribution is -2.49. The Morgan fingerprint density at radius 2 is 1.57 bits per heavy atom. The molecule has 0 spiro atoms. The van der Waals surface area contributed by atoms with Crippen LogP contribution < -0.4 is 10.1 Å². The molecular formula is C35H46N2O7. The zero-order valence-electron chi connectivity index (χ0n) is 26.5. The van der Waals surface area contributed by atoms with E-state index in [1.807, 2.05) is 68.4 Å². The summed E-state index contributed by atoms with van der Waals surface area (Å²) in [6, 6.07) is 16.1. The van der Waals surface area contributed by atoms with Crippen LogP contribution in [0.5, 0.6) is 5.75 Å². The number of carbonyl (C=O) groups is 4. The Morgan fingerprint density at radius 3 is 2.16 bits per heavy atom. The molecule has 6 atom stereocenters. The van der Waals surface area contributed by atoms with Gasteiger partial charge in [0, 0.05) is 37.8 Å². The first kappa shape index (κ1) is 33.5. The van der Waals surface area contributed by atoms with Crippen LogP contribution >= 0.6 is 0 Å². The monoisotopic (exact) mass is 606 g/mol. The maximum absolute atomic E-state index is 13.9. The summed E-state index contributed by atoms with van der Waals surface area (Å²) in [7, 11) is 1.58. The van der Waals surface area contributed by atoms with Crippen molar-refractivity contribution in [2.75, 3.05) is 33.4 Å². The van der Waals surface area contributed by atoms with Gasteiger partial charge in [-0.3, -0.25) is 24.1 Å². The van der Waals surface area contributed by atoms with E-state index < -0.39 is 23.5 Å². The summed E-state index contributed by atoms with van der Waals surface area (Å²) in [5.41, 5.74) is 0.856. The van der Waals surface area contributed by atoms with Gasteiger partial charge >= 0.3 is 0 Å².